The number of benzene rings is 2. The largest absolute Gasteiger partial charge is 0.465 e. The molecule has 2 aromatic carbocycles. The third-order valence-corrected chi connectivity index (χ3v) is 4.08. The molecule has 1 heterocycles. The summed E-state index contributed by atoms with van der Waals surface area (Å²) in [6.45, 7) is 2.02. The molecule has 0 aliphatic carbocycles. The van der Waals surface area contributed by atoms with Gasteiger partial charge in [-0.2, -0.15) is 5.10 Å². The molecule has 0 radical (unpaired) electrons. The van der Waals surface area contributed by atoms with E-state index in [-0.39, 0.29) is 5.97 Å². The van der Waals surface area contributed by atoms with Crippen molar-refractivity contribution in [3.63, 3.8) is 0 Å². The van der Waals surface area contributed by atoms with Crippen molar-refractivity contribution in [2.24, 2.45) is 5.10 Å². The number of furan rings is 1. The SMILES string of the molecule is COC(=O)c1ccc(-c2ccc(/C=N\NC(=S)Nc3ccc(C)cc3)o2)cc1. The highest BCUT2D eigenvalue weighted by Gasteiger charge is 2.07. The lowest BCUT2D eigenvalue weighted by atomic mass is 10.1. The van der Waals surface area contributed by atoms with Crippen molar-refractivity contribution in [2.45, 2.75) is 6.92 Å². The minimum Gasteiger partial charge on any atom is -0.465 e. The summed E-state index contributed by atoms with van der Waals surface area (Å²) < 4.78 is 10.4. The number of hydrogen-bond donors (Lipinski definition) is 2. The molecule has 0 amide bonds. The summed E-state index contributed by atoms with van der Waals surface area (Å²) in [7, 11) is 1.35. The number of hydrogen-bond acceptors (Lipinski definition) is 5. The van der Waals surface area contributed by atoms with Crippen LogP contribution in [0, 0.1) is 6.92 Å². The van der Waals surface area contributed by atoms with Gasteiger partial charge in [0.25, 0.3) is 0 Å². The van der Waals surface area contributed by atoms with E-state index in [1.807, 2.05) is 37.3 Å². The summed E-state index contributed by atoms with van der Waals surface area (Å²) in [6.07, 6.45) is 1.54. The van der Waals surface area contributed by atoms with E-state index in [0.29, 0.717) is 22.2 Å². The van der Waals surface area contributed by atoms with Crippen LogP contribution in [0.4, 0.5) is 5.69 Å². The number of nitrogens with zero attached hydrogens (tertiary/aromatic N) is 1. The summed E-state index contributed by atoms with van der Waals surface area (Å²) in [5.74, 6) is 0.857. The van der Waals surface area contributed by atoms with Crippen molar-refractivity contribution < 1.29 is 13.9 Å². The molecule has 2 N–H and O–H groups in total. The average Bonchev–Trinajstić information content (AvgIpc) is 3.18. The van der Waals surface area contributed by atoms with E-state index < -0.39 is 0 Å². The lowest BCUT2D eigenvalue weighted by Gasteiger charge is -2.06. The van der Waals surface area contributed by atoms with E-state index >= 15 is 0 Å². The van der Waals surface area contributed by atoms with Gasteiger partial charge < -0.3 is 14.5 Å². The number of esters is 1. The molecular weight excluding hydrogens is 374 g/mol. The fraction of sp³-hybridized carbons (Fsp3) is 0.0952. The van der Waals surface area contributed by atoms with Gasteiger partial charge in [0.15, 0.2) is 5.11 Å². The van der Waals surface area contributed by atoms with Crippen molar-refractivity contribution in [1.82, 2.24) is 5.43 Å². The summed E-state index contributed by atoms with van der Waals surface area (Å²) in [4.78, 5) is 11.5. The maximum Gasteiger partial charge on any atom is 0.337 e. The van der Waals surface area contributed by atoms with Gasteiger partial charge in [-0.25, -0.2) is 4.79 Å². The van der Waals surface area contributed by atoms with Gasteiger partial charge in [-0.15, -0.1) is 0 Å². The number of carbonyl (C=O) groups is 1. The van der Waals surface area contributed by atoms with Crippen LogP contribution in [-0.2, 0) is 4.74 Å². The Morgan fingerprint density at radius 3 is 2.46 bits per heavy atom. The second kappa shape index (κ2) is 8.96. The first kappa shape index (κ1) is 19.3. The second-order valence-electron chi connectivity index (χ2n) is 5.96. The van der Waals surface area contributed by atoms with E-state index in [2.05, 4.69) is 20.6 Å². The van der Waals surface area contributed by atoms with Crippen LogP contribution >= 0.6 is 12.2 Å². The second-order valence-corrected chi connectivity index (χ2v) is 6.37. The molecule has 0 aliphatic rings. The number of methoxy groups -OCH3 is 1. The van der Waals surface area contributed by atoms with Crippen molar-refractivity contribution in [2.75, 3.05) is 12.4 Å². The molecule has 142 valence electrons. The van der Waals surface area contributed by atoms with E-state index in [9.17, 15) is 4.79 Å². The van der Waals surface area contributed by atoms with Crippen molar-refractivity contribution in [1.29, 1.82) is 0 Å². The van der Waals surface area contributed by atoms with Crippen LogP contribution in [-0.4, -0.2) is 24.4 Å². The molecule has 0 unspecified atom stereocenters. The average molecular weight is 393 g/mol. The number of thiocarbonyl (C=S) groups is 1. The molecule has 6 nitrogen and oxygen atoms in total. The zero-order chi connectivity index (χ0) is 19.9. The fourth-order valence-electron chi connectivity index (χ4n) is 2.42. The minimum atomic E-state index is -0.375. The predicted octanol–water partition coefficient (Wildman–Crippen LogP) is 4.36. The molecule has 0 saturated carbocycles. The first-order valence-corrected chi connectivity index (χ1v) is 8.91. The number of ether oxygens (including phenoxy) is 1. The summed E-state index contributed by atoms with van der Waals surface area (Å²) >= 11 is 5.20. The summed E-state index contributed by atoms with van der Waals surface area (Å²) in [6, 6.07) is 18.5. The lowest BCUT2D eigenvalue weighted by molar-refractivity contribution is 0.0600. The van der Waals surface area contributed by atoms with Crippen LogP contribution in [0.1, 0.15) is 21.7 Å². The Balaban J connectivity index is 1.57. The van der Waals surface area contributed by atoms with Gasteiger partial charge in [-0.1, -0.05) is 29.8 Å². The molecule has 0 fully saturated rings. The molecule has 7 heteroatoms. The fourth-order valence-corrected chi connectivity index (χ4v) is 2.59. The molecular formula is C21H19N3O3S. The monoisotopic (exact) mass is 393 g/mol. The molecule has 1 aromatic heterocycles. The van der Waals surface area contributed by atoms with Crippen LogP contribution < -0.4 is 10.7 Å². The predicted molar refractivity (Wildman–Crippen MR) is 114 cm³/mol. The van der Waals surface area contributed by atoms with Gasteiger partial charge >= 0.3 is 5.97 Å². The van der Waals surface area contributed by atoms with Gasteiger partial charge in [0.05, 0.1) is 18.9 Å². The number of aryl methyl sites for hydroxylation is 1. The number of carbonyl (C=O) groups excluding carboxylic acids is 1. The molecule has 28 heavy (non-hydrogen) atoms. The van der Waals surface area contributed by atoms with Crippen LogP contribution in [0.3, 0.4) is 0 Å². The Hall–Kier alpha value is -3.45. The number of hydrazone groups is 1. The van der Waals surface area contributed by atoms with Crippen LogP contribution in [0.2, 0.25) is 0 Å². The lowest BCUT2D eigenvalue weighted by Crippen LogP contribution is -2.23. The standard InChI is InChI=1S/C21H19N3O3S/c1-14-3-9-17(10-4-14)23-21(28)24-22-13-18-11-12-19(27-18)15-5-7-16(8-6-15)20(25)26-2/h3-13H,1-2H3,(H2,23,24,28)/b22-13-. The van der Waals surface area contributed by atoms with Crippen molar-refractivity contribution >= 4 is 35.2 Å². The molecule has 0 spiro atoms. The van der Waals surface area contributed by atoms with Crippen molar-refractivity contribution in [3.8, 4) is 11.3 Å². The van der Waals surface area contributed by atoms with Crippen LogP contribution in [0.5, 0.6) is 0 Å². The minimum absolute atomic E-state index is 0.375. The summed E-state index contributed by atoms with van der Waals surface area (Å²) in [5, 5.41) is 7.50. The Labute approximate surface area is 168 Å². The number of nitrogens with one attached hydrogen (secondary N) is 2. The van der Waals surface area contributed by atoms with E-state index in [1.54, 1.807) is 30.3 Å². The van der Waals surface area contributed by atoms with E-state index in [1.165, 1.54) is 18.9 Å². The maximum atomic E-state index is 11.5. The van der Waals surface area contributed by atoms with Crippen molar-refractivity contribution in [3.05, 3.63) is 77.6 Å². The highest BCUT2D eigenvalue weighted by molar-refractivity contribution is 7.80. The van der Waals surface area contributed by atoms with Gasteiger partial charge in [-0.05, 0) is 55.5 Å². The highest BCUT2D eigenvalue weighted by atomic mass is 32.1. The first-order valence-electron chi connectivity index (χ1n) is 8.50. The quantitative estimate of drug-likeness (QED) is 0.290. The number of anilines is 1. The Morgan fingerprint density at radius 1 is 1.07 bits per heavy atom. The van der Waals surface area contributed by atoms with Gasteiger partial charge in [0, 0.05) is 11.3 Å². The van der Waals surface area contributed by atoms with E-state index in [4.69, 9.17) is 16.6 Å². The molecule has 0 atom stereocenters. The topological polar surface area (TPSA) is 75.9 Å². The highest BCUT2D eigenvalue weighted by Crippen LogP contribution is 2.22. The maximum absolute atomic E-state index is 11.5. The third kappa shape index (κ3) is 5.05. The Morgan fingerprint density at radius 2 is 1.79 bits per heavy atom. The molecule has 0 aliphatic heterocycles. The van der Waals surface area contributed by atoms with Crippen LogP contribution in [0.25, 0.3) is 11.3 Å². The normalized spacial score (nSPS) is 10.6. The van der Waals surface area contributed by atoms with Gasteiger partial charge in [0.2, 0.25) is 0 Å². The molecule has 0 saturated heterocycles. The molecule has 3 rings (SSSR count). The van der Waals surface area contributed by atoms with Gasteiger partial charge in [-0.3, -0.25) is 5.43 Å². The molecule has 0 bridgehead atoms. The smallest absolute Gasteiger partial charge is 0.337 e. The van der Waals surface area contributed by atoms with Crippen LogP contribution in [0.15, 0.2) is 70.2 Å². The van der Waals surface area contributed by atoms with Gasteiger partial charge in [0.1, 0.15) is 11.5 Å². The first-order chi connectivity index (χ1) is 13.5. The third-order valence-electron chi connectivity index (χ3n) is 3.88. The zero-order valence-corrected chi connectivity index (χ0v) is 16.2. The molecule has 3 aromatic rings. The van der Waals surface area contributed by atoms with E-state index in [0.717, 1.165) is 11.3 Å². The summed E-state index contributed by atoms with van der Waals surface area (Å²) in [5.41, 5.74) is 6.14. The Bertz CT molecular complexity index is 992. The zero-order valence-electron chi connectivity index (χ0n) is 15.4. The number of rotatable bonds is 5. The Kier molecular flexibility index (Phi) is 6.18.